The van der Waals surface area contributed by atoms with Gasteiger partial charge in [0.25, 0.3) is 0 Å². The number of ether oxygens (including phenoxy) is 1. The Morgan fingerprint density at radius 3 is 2.32 bits per heavy atom. The summed E-state index contributed by atoms with van der Waals surface area (Å²) >= 11 is 0. The minimum atomic E-state index is -0.470. The maximum atomic E-state index is 12.2. The first-order valence-corrected chi connectivity index (χ1v) is 7.54. The molecule has 1 N–H and O–H groups in total. The van der Waals surface area contributed by atoms with Crippen LogP contribution >= 0.6 is 0 Å². The number of aliphatic hydroxyl groups is 1. The second-order valence-electron chi connectivity index (χ2n) is 6.98. The van der Waals surface area contributed by atoms with Crippen molar-refractivity contribution in [2.24, 2.45) is 5.92 Å². The van der Waals surface area contributed by atoms with E-state index in [9.17, 15) is 9.90 Å². The van der Waals surface area contributed by atoms with E-state index < -0.39 is 11.7 Å². The van der Waals surface area contributed by atoms with Crippen molar-refractivity contribution in [3.05, 3.63) is 0 Å². The van der Waals surface area contributed by atoms with Gasteiger partial charge in [-0.25, -0.2) is 4.79 Å². The van der Waals surface area contributed by atoms with Crippen LogP contribution in [-0.4, -0.2) is 40.4 Å². The Balaban J connectivity index is 1.90. The number of aliphatic hydroxyl groups excluding tert-OH is 1. The van der Waals surface area contributed by atoms with Gasteiger partial charge in [-0.05, 0) is 52.4 Å². The third-order valence-corrected chi connectivity index (χ3v) is 3.94. The van der Waals surface area contributed by atoms with Crippen molar-refractivity contribution in [2.45, 2.75) is 77.0 Å². The molecule has 19 heavy (non-hydrogen) atoms. The van der Waals surface area contributed by atoms with Crippen molar-refractivity contribution in [2.75, 3.05) is 6.54 Å². The largest absolute Gasteiger partial charge is 0.444 e. The van der Waals surface area contributed by atoms with Gasteiger partial charge in [0.15, 0.2) is 0 Å². The van der Waals surface area contributed by atoms with E-state index in [0.717, 1.165) is 25.7 Å². The van der Waals surface area contributed by atoms with Crippen molar-refractivity contribution in [1.82, 2.24) is 4.90 Å². The van der Waals surface area contributed by atoms with Gasteiger partial charge < -0.3 is 14.7 Å². The lowest BCUT2D eigenvalue weighted by atomic mass is 10.0. The van der Waals surface area contributed by atoms with Gasteiger partial charge in [0.2, 0.25) is 0 Å². The van der Waals surface area contributed by atoms with Gasteiger partial charge in [0, 0.05) is 6.04 Å². The topological polar surface area (TPSA) is 49.8 Å². The molecule has 4 nitrogen and oxygen atoms in total. The minimum absolute atomic E-state index is 0.271. The predicted molar refractivity (Wildman–Crippen MR) is 73.9 cm³/mol. The average molecular weight is 269 g/mol. The number of rotatable bonds is 4. The Hall–Kier alpha value is -0.770. The molecule has 2 rings (SSSR count). The number of hydrogen-bond donors (Lipinski definition) is 1. The summed E-state index contributed by atoms with van der Waals surface area (Å²) < 4.78 is 5.44. The second kappa shape index (κ2) is 5.70. The van der Waals surface area contributed by atoms with Crippen LogP contribution in [0.25, 0.3) is 0 Å². The molecule has 0 radical (unpaired) electrons. The molecule has 1 atom stereocenters. The van der Waals surface area contributed by atoms with Gasteiger partial charge in [-0.15, -0.1) is 0 Å². The zero-order valence-corrected chi connectivity index (χ0v) is 12.4. The van der Waals surface area contributed by atoms with Gasteiger partial charge >= 0.3 is 6.09 Å². The molecule has 2 saturated carbocycles. The first-order valence-electron chi connectivity index (χ1n) is 7.54. The summed E-state index contributed by atoms with van der Waals surface area (Å²) in [6, 6.07) is 0.283. The molecule has 4 heteroatoms. The lowest BCUT2D eigenvalue weighted by Gasteiger charge is -2.30. The summed E-state index contributed by atoms with van der Waals surface area (Å²) in [6.45, 7) is 6.07. The molecule has 0 aromatic carbocycles. The summed E-state index contributed by atoms with van der Waals surface area (Å²) in [5.41, 5.74) is -0.470. The first kappa shape index (κ1) is 14.6. The minimum Gasteiger partial charge on any atom is -0.444 e. The van der Waals surface area contributed by atoms with E-state index in [2.05, 4.69) is 0 Å². The SMILES string of the molecule is CC(C)(C)OC(=O)N(CC(O)C1CCCC1)C1CC1. The molecule has 2 fully saturated rings. The van der Waals surface area contributed by atoms with Crippen molar-refractivity contribution in [1.29, 1.82) is 0 Å². The van der Waals surface area contributed by atoms with E-state index in [1.54, 1.807) is 4.90 Å². The summed E-state index contributed by atoms with van der Waals surface area (Å²) in [4.78, 5) is 13.9. The van der Waals surface area contributed by atoms with Gasteiger partial charge in [0.1, 0.15) is 5.60 Å². The number of amides is 1. The van der Waals surface area contributed by atoms with Crippen LogP contribution in [0.4, 0.5) is 4.79 Å². The molecule has 0 aliphatic heterocycles. The fourth-order valence-corrected chi connectivity index (χ4v) is 2.77. The van der Waals surface area contributed by atoms with Gasteiger partial charge in [-0.1, -0.05) is 12.8 Å². The summed E-state index contributed by atoms with van der Waals surface area (Å²) in [6.07, 6.45) is 6.01. The Morgan fingerprint density at radius 2 is 1.84 bits per heavy atom. The van der Waals surface area contributed by atoms with E-state index >= 15 is 0 Å². The molecule has 0 aromatic rings. The van der Waals surface area contributed by atoms with Gasteiger partial charge in [-0.3, -0.25) is 0 Å². The summed E-state index contributed by atoms with van der Waals surface area (Å²) in [5, 5.41) is 10.3. The maximum absolute atomic E-state index is 12.2. The quantitative estimate of drug-likeness (QED) is 0.853. The smallest absolute Gasteiger partial charge is 0.410 e. The zero-order valence-electron chi connectivity index (χ0n) is 12.4. The highest BCUT2D eigenvalue weighted by Gasteiger charge is 2.37. The van der Waals surface area contributed by atoms with Crippen LogP contribution in [0.15, 0.2) is 0 Å². The third-order valence-electron chi connectivity index (χ3n) is 3.94. The second-order valence-corrected chi connectivity index (χ2v) is 6.98. The molecule has 110 valence electrons. The predicted octanol–water partition coefficient (Wildman–Crippen LogP) is 2.94. The molecule has 1 unspecified atom stereocenters. The molecule has 0 bridgehead atoms. The highest BCUT2D eigenvalue weighted by Crippen LogP contribution is 2.32. The lowest BCUT2D eigenvalue weighted by Crippen LogP contribution is -2.43. The monoisotopic (exact) mass is 269 g/mol. The van der Waals surface area contributed by atoms with E-state index in [1.165, 1.54) is 12.8 Å². The van der Waals surface area contributed by atoms with Crippen LogP contribution in [0.5, 0.6) is 0 Å². The molecule has 2 aliphatic carbocycles. The van der Waals surface area contributed by atoms with Crippen LogP contribution in [0.1, 0.15) is 59.3 Å². The molecule has 0 heterocycles. The van der Waals surface area contributed by atoms with Crippen molar-refractivity contribution in [3.63, 3.8) is 0 Å². The highest BCUT2D eigenvalue weighted by molar-refractivity contribution is 5.69. The molecule has 0 aromatic heterocycles. The molecule has 0 spiro atoms. The summed E-state index contributed by atoms with van der Waals surface area (Å²) in [7, 11) is 0. The van der Waals surface area contributed by atoms with E-state index in [4.69, 9.17) is 4.74 Å². The summed E-state index contributed by atoms with van der Waals surface area (Å²) in [5.74, 6) is 0.365. The molecule has 1 amide bonds. The normalized spacial score (nSPS) is 22.3. The molecular weight excluding hydrogens is 242 g/mol. The van der Waals surface area contributed by atoms with Gasteiger partial charge in [-0.2, -0.15) is 0 Å². The van der Waals surface area contributed by atoms with E-state index in [1.807, 2.05) is 20.8 Å². The Labute approximate surface area is 116 Å². The number of carbonyl (C=O) groups excluding carboxylic acids is 1. The molecular formula is C15H27NO3. The van der Waals surface area contributed by atoms with E-state index in [-0.39, 0.29) is 12.1 Å². The fourth-order valence-electron chi connectivity index (χ4n) is 2.77. The molecule has 0 saturated heterocycles. The van der Waals surface area contributed by atoms with Crippen LogP contribution in [0, 0.1) is 5.92 Å². The van der Waals surface area contributed by atoms with Crippen LogP contribution < -0.4 is 0 Å². The van der Waals surface area contributed by atoms with Crippen LogP contribution in [-0.2, 0) is 4.74 Å². The third kappa shape index (κ3) is 4.37. The average Bonchev–Trinajstić information content (AvgIpc) is 2.96. The number of nitrogens with zero attached hydrogens (tertiary/aromatic N) is 1. The standard InChI is InChI=1S/C15H27NO3/c1-15(2,3)19-14(18)16(12-8-9-12)10-13(17)11-6-4-5-7-11/h11-13,17H,4-10H2,1-3H3. The molecule has 2 aliphatic rings. The maximum Gasteiger partial charge on any atom is 0.410 e. The highest BCUT2D eigenvalue weighted by atomic mass is 16.6. The fraction of sp³-hybridized carbons (Fsp3) is 0.933. The zero-order chi connectivity index (χ0) is 14.0. The van der Waals surface area contributed by atoms with Crippen molar-refractivity contribution >= 4 is 6.09 Å². The number of carbonyl (C=O) groups is 1. The first-order chi connectivity index (χ1) is 8.87. The van der Waals surface area contributed by atoms with Crippen molar-refractivity contribution < 1.29 is 14.6 Å². The van der Waals surface area contributed by atoms with E-state index in [0.29, 0.717) is 12.5 Å². The Morgan fingerprint density at radius 1 is 1.26 bits per heavy atom. The Kier molecular flexibility index (Phi) is 4.39. The number of hydrogen-bond acceptors (Lipinski definition) is 3. The van der Waals surface area contributed by atoms with Crippen LogP contribution in [0.3, 0.4) is 0 Å². The van der Waals surface area contributed by atoms with Gasteiger partial charge in [0.05, 0.1) is 12.6 Å². The Bertz CT molecular complexity index is 314. The van der Waals surface area contributed by atoms with Crippen molar-refractivity contribution in [3.8, 4) is 0 Å². The van der Waals surface area contributed by atoms with Crippen LogP contribution in [0.2, 0.25) is 0 Å². The lowest BCUT2D eigenvalue weighted by molar-refractivity contribution is 0.00520.